The smallest absolute Gasteiger partial charge is 0.462 e. The van der Waals surface area contributed by atoms with Crippen LogP contribution in [0.25, 0.3) is 0 Å². The van der Waals surface area contributed by atoms with E-state index in [1.54, 1.807) is 20.8 Å². The number of ether oxygens (including phenoxy) is 3. The number of nitrogens with one attached hydrogen (secondary N) is 1. The zero-order valence-corrected chi connectivity index (χ0v) is 42.1. The van der Waals surface area contributed by atoms with Crippen molar-refractivity contribution in [3.05, 3.63) is 24.3 Å². The zero-order valence-electron chi connectivity index (χ0n) is 41.2. The lowest BCUT2D eigenvalue weighted by molar-refractivity contribution is -0.171. The molecule has 0 heterocycles. The van der Waals surface area contributed by atoms with Gasteiger partial charge in [-0.25, -0.2) is 14.4 Å². The number of phosphoric acid groups is 1. The summed E-state index contributed by atoms with van der Waals surface area (Å²) in [4.78, 5) is 66.2. The van der Waals surface area contributed by atoms with Crippen LogP contribution in [0, 0.1) is 0 Å². The molecule has 15 heteroatoms. The fourth-order valence-corrected chi connectivity index (χ4v) is 7.38. The molecule has 374 valence electrons. The third-order valence-electron chi connectivity index (χ3n) is 10.4. The average Bonchev–Trinajstić information content (AvgIpc) is 3.24. The number of hydrogen-bond acceptors (Lipinski definition) is 11. The van der Waals surface area contributed by atoms with Gasteiger partial charge in [0.25, 0.3) is 5.91 Å². The third kappa shape index (κ3) is 39.6. The van der Waals surface area contributed by atoms with Gasteiger partial charge in [0.2, 0.25) is 0 Å². The molecule has 2 amide bonds. The Balaban J connectivity index is 4.99. The number of carbonyl (C=O) groups excluding carboxylic acids is 4. The molecule has 0 saturated heterocycles. The molecule has 0 aromatic carbocycles. The summed E-state index contributed by atoms with van der Waals surface area (Å²) in [5, 5.41) is 3.12. The predicted molar refractivity (Wildman–Crippen MR) is 254 cm³/mol. The van der Waals surface area contributed by atoms with Crippen LogP contribution >= 0.6 is 7.82 Å². The molecule has 0 aliphatic carbocycles. The van der Waals surface area contributed by atoms with E-state index < -0.39 is 62.7 Å². The largest absolute Gasteiger partial charge is 0.472 e. The maximum absolute atomic E-state index is 13.0. The van der Waals surface area contributed by atoms with Crippen molar-refractivity contribution in [1.82, 2.24) is 10.4 Å². The molecule has 0 aromatic rings. The summed E-state index contributed by atoms with van der Waals surface area (Å²) in [5.41, 5.74) is -0.884. The Labute approximate surface area is 388 Å². The van der Waals surface area contributed by atoms with Crippen LogP contribution < -0.4 is 5.32 Å². The summed E-state index contributed by atoms with van der Waals surface area (Å²) in [6.45, 7) is 7.56. The van der Waals surface area contributed by atoms with Crippen LogP contribution in [0.2, 0.25) is 0 Å². The van der Waals surface area contributed by atoms with Crippen molar-refractivity contribution in [2.24, 2.45) is 0 Å². The molecular weight excluding hydrogens is 840 g/mol. The molecule has 0 aliphatic heterocycles. The molecule has 14 nitrogen and oxygen atoms in total. The number of likely N-dealkylation sites (N-methyl/N-ethyl adjacent to an activating group) is 1. The highest BCUT2D eigenvalue weighted by atomic mass is 31.2. The number of carbonyl (C=O) groups is 4. The fourth-order valence-electron chi connectivity index (χ4n) is 6.62. The fraction of sp³-hybridized carbons (Fsp3) is 0.837. The van der Waals surface area contributed by atoms with Gasteiger partial charge in [0.05, 0.1) is 20.3 Å². The van der Waals surface area contributed by atoms with Gasteiger partial charge in [-0.2, -0.15) is 0 Å². The van der Waals surface area contributed by atoms with E-state index in [-0.39, 0.29) is 19.4 Å². The van der Waals surface area contributed by atoms with E-state index >= 15 is 0 Å². The standard InChI is InChI=1S/C49H91N2O12P/c1-8-10-12-14-16-18-20-22-24-26-28-30-32-34-36-38-45(52)59-40-43(62-46(53)39-37-35-33-31-29-27-25-23-21-19-17-15-13-11-9-2)41-60-64(56,57)61-42-44(47(54)51(6)58-7)50-48(55)63-49(3,4)5/h22-25,43-44H,8-21,26-42H2,1-7H3,(H,50,55)(H,56,57)/b24-22-,25-23-/t43-,44+/m0/s1. The van der Waals surface area contributed by atoms with Crippen LogP contribution in [-0.2, 0) is 47.0 Å². The monoisotopic (exact) mass is 931 g/mol. The summed E-state index contributed by atoms with van der Waals surface area (Å²) in [7, 11) is -2.38. The van der Waals surface area contributed by atoms with Crippen molar-refractivity contribution >= 4 is 31.8 Å². The first-order valence-corrected chi connectivity index (χ1v) is 26.2. The number of nitrogens with zero attached hydrogens (tertiary/aromatic N) is 1. The molecule has 0 rings (SSSR count). The molecular formula is C49H91N2O12P. The highest BCUT2D eigenvalue weighted by Crippen LogP contribution is 2.43. The molecule has 0 bridgehead atoms. The number of phosphoric ester groups is 1. The molecule has 0 aromatic heterocycles. The second-order valence-corrected chi connectivity index (χ2v) is 19.2. The number of esters is 2. The van der Waals surface area contributed by atoms with E-state index in [1.807, 2.05) is 0 Å². The van der Waals surface area contributed by atoms with E-state index in [0.29, 0.717) is 12.8 Å². The Morgan fingerprint density at radius 2 is 1.02 bits per heavy atom. The lowest BCUT2D eigenvalue weighted by Crippen LogP contribution is -2.50. The van der Waals surface area contributed by atoms with Crippen LogP contribution in [0.5, 0.6) is 0 Å². The number of unbranched alkanes of at least 4 members (excludes halogenated alkanes) is 22. The Hall–Kier alpha value is -2.77. The van der Waals surface area contributed by atoms with Crippen molar-refractivity contribution in [2.45, 2.75) is 232 Å². The molecule has 2 N–H and O–H groups in total. The lowest BCUT2D eigenvalue weighted by Gasteiger charge is -2.26. The maximum Gasteiger partial charge on any atom is 0.472 e. The van der Waals surface area contributed by atoms with Crippen LogP contribution in [0.4, 0.5) is 4.79 Å². The van der Waals surface area contributed by atoms with Crippen LogP contribution in [0.3, 0.4) is 0 Å². The van der Waals surface area contributed by atoms with Gasteiger partial charge >= 0.3 is 25.9 Å². The Bertz CT molecular complexity index is 1300. The van der Waals surface area contributed by atoms with Gasteiger partial charge in [0, 0.05) is 19.9 Å². The van der Waals surface area contributed by atoms with Crippen molar-refractivity contribution in [2.75, 3.05) is 34.0 Å². The Morgan fingerprint density at radius 3 is 1.45 bits per heavy atom. The minimum absolute atomic E-state index is 0.123. The minimum atomic E-state index is -4.90. The topological polar surface area (TPSA) is 176 Å². The number of allylic oxidation sites excluding steroid dienone is 4. The molecule has 0 aliphatic rings. The molecule has 1 unspecified atom stereocenters. The quantitative estimate of drug-likeness (QED) is 0.0148. The van der Waals surface area contributed by atoms with Gasteiger partial charge in [0.1, 0.15) is 18.2 Å². The number of hydroxylamine groups is 2. The van der Waals surface area contributed by atoms with Crippen molar-refractivity contribution < 1.29 is 56.7 Å². The number of amides is 2. The molecule has 0 saturated carbocycles. The second-order valence-electron chi connectivity index (χ2n) is 17.7. The van der Waals surface area contributed by atoms with Gasteiger partial charge < -0.3 is 24.4 Å². The summed E-state index contributed by atoms with van der Waals surface area (Å²) >= 11 is 0. The van der Waals surface area contributed by atoms with Gasteiger partial charge in [-0.15, -0.1) is 0 Å². The van der Waals surface area contributed by atoms with Gasteiger partial charge in [-0.05, 0) is 85.0 Å². The summed E-state index contributed by atoms with van der Waals surface area (Å²) < 4.78 is 39.4. The third-order valence-corrected chi connectivity index (χ3v) is 11.4. The van der Waals surface area contributed by atoms with Crippen LogP contribution in [0.1, 0.15) is 214 Å². The lowest BCUT2D eigenvalue weighted by atomic mass is 10.1. The molecule has 0 spiro atoms. The van der Waals surface area contributed by atoms with Gasteiger partial charge in [-0.1, -0.05) is 141 Å². The minimum Gasteiger partial charge on any atom is -0.462 e. The van der Waals surface area contributed by atoms with Crippen LogP contribution in [-0.4, -0.2) is 85.6 Å². The Kier molecular flexibility index (Phi) is 38.7. The van der Waals surface area contributed by atoms with E-state index in [1.165, 1.54) is 91.2 Å². The summed E-state index contributed by atoms with van der Waals surface area (Å²) in [6, 6.07) is -1.48. The highest BCUT2D eigenvalue weighted by Gasteiger charge is 2.32. The predicted octanol–water partition coefficient (Wildman–Crippen LogP) is 12.6. The normalized spacial score (nSPS) is 13.8. The first-order valence-electron chi connectivity index (χ1n) is 24.7. The SMILES string of the molecule is CCCCCCCC/C=C\CCCCCCCC(=O)OC[C@@H](COP(=O)(O)OC[C@@H](NC(=O)OC(C)(C)C)C(=O)N(C)OC)OC(=O)CCCCCCC/C=C\CCCCCCCC. The highest BCUT2D eigenvalue weighted by molar-refractivity contribution is 7.47. The molecule has 0 fully saturated rings. The second kappa shape index (κ2) is 40.5. The van der Waals surface area contributed by atoms with Crippen LogP contribution in [0.15, 0.2) is 24.3 Å². The molecule has 0 radical (unpaired) electrons. The molecule has 3 atom stereocenters. The number of alkyl carbamates (subject to hydrolysis) is 1. The zero-order chi connectivity index (χ0) is 47.7. The van der Waals surface area contributed by atoms with E-state index in [4.69, 9.17) is 28.1 Å². The first kappa shape index (κ1) is 61.2. The maximum atomic E-state index is 13.0. The number of rotatable bonds is 42. The van der Waals surface area contributed by atoms with Crippen molar-refractivity contribution in [1.29, 1.82) is 0 Å². The van der Waals surface area contributed by atoms with Gasteiger partial charge in [-0.3, -0.25) is 28.3 Å². The van der Waals surface area contributed by atoms with E-state index in [2.05, 4.69) is 43.5 Å². The van der Waals surface area contributed by atoms with Gasteiger partial charge in [0.15, 0.2) is 6.10 Å². The van der Waals surface area contributed by atoms with Crippen molar-refractivity contribution in [3.8, 4) is 0 Å². The first-order chi connectivity index (χ1) is 30.6. The average molecular weight is 931 g/mol. The summed E-state index contributed by atoms with van der Waals surface area (Å²) in [5.74, 6) is -1.83. The molecule has 64 heavy (non-hydrogen) atoms. The van der Waals surface area contributed by atoms with E-state index in [9.17, 15) is 28.6 Å². The Morgan fingerprint density at radius 1 is 0.609 bits per heavy atom. The number of hydrogen-bond donors (Lipinski definition) is 2. The van der Waals surface area contributed by atoms with E-state index in [0.717, 1.165) is 82.1 Å². The van der Waals surface area contributed by atoms with Crippen molar-refractivity contribution in [3.63, 3.8) is 0 Å². The summed E-state index contributed by atoms with van der Waals surface area (Å²) in [6.07, 6.45) is 36.7.